The Balaban J connectivity index is 1.86. The van der Waals surface area contributed by atoms with Crippen molar-refractivity contribution >= 4 is 0 Å². The molecule has 19 heavy (non-hydrogen) atoms. The van der Waals surface area contributed by atoms with E-state index in [2.05, 4.69) is 37.5 Å². The van der Waals surface area contributed by atoms with Crippen molar-refractivity contribution in [3.63, 3.8) is 0 Å². The van der Waals surface area contributed by atoms with Crippen molar-refractivity contribution < 1.29 is 4.74 Å². The SMILES string of the molecule is CCCCCCCC(NC)c1ccc2c(c1)CCO2. The zero-order chi connectivity index (χ0) is 13.5. The number of unbranched alkanes of at least 4 members (excludes halogenated alkanes) is 4. The van der Waals surface area contributed by atoms with Crippen LogP contribution in [0.3, 0.4) is 0 Å². The fourth-order valence-electron chi connectivity index (χ4n) is 2.85. The molecular weight excluding hydrogens is 234 g/mol. The van der Waals surface area contributed by atoms with Gasteiger partial charge in [-0.05, 0) is 30.7 Å². The number of ether oxygens (including phenoxy) is 1. The first-order chi connectivity index (χ1) is 9.35. The van der Waals surface area contributed by atoms with E-state index in [9.17, 15) is 0 Å². The molecule has 1 aliphatic heterocycles. The van der Waals surface area contributed by atoms with Gasteiger partial charge in [0, 0.05) is 12.5 Å². The predicted molar refractivity (Wildman–Crippen MR) is 80.8 cm³/mol. The summed E-state index contributed by atoms with van der Waals surface area (Å²) in [7, 11) is 2.07. The number of nitrogens with one attached hydrogen (secondary N) is 1. The lowest BCUT2D eigenvalue weighted by atomic mass is 9.97. The van der Waals surface area contributed by atoms with Gasteiger partial charge in [0.05, 0.1) is 6.61 Å². The monoisotopic (exact) mass is 261 g/mol. The van der Waals surface area contributed by atoms with E-state index in [1.807, 2.05) is 0 Å². The zero-order valence-electron chi connectivity index (χ0n) is 12.4. The van der Waals surface area contributed by atoms with Gasteiger partial charge in [-0.3, -0.25) is 0 Å². The second-order valence-corrected chi connectivity index (χ2v) is 5.51. The normalized spacial score (nSPS) is 15.1. The highest BCUT2D eigenvalue weighted by Gasteiger charge is 2.15. The van der Waals surface area contributed by atoms with E-state index in [4.69, 9.17) is 4.74 Å². The summed E-state index contributed by atoms with van der Waals surface area (Å²) in [6, 6.07) is 7.18. The Labute approximate surface area is 117 Å². The van der Waals surface area contributed by atoms with Gasteiger partial charge in [0.2, 0.25) is 0 Å². The Bertz CT molecular complexity index is 389. The molecule has 2 heteroatoms. The highest BCUT2D eigenvalue weighted by molar-refractivity contribution is 5.40. The molecular formula is C17H27NO. The van der Waals surface area contributed by atoms with Gasteiger partial charge in [0.15, 0.2) is 0 Å². The van der Waals surface area contributed by atoms with Crippen molar-refractivity contribution in [3.05, 3.63) is 29.3 Å². The Kier molecular flexibility index (Phi) is 5.71. The molecule has 2 rings (SSSR count). The number of fused-ring (bicyclic) bond motifs is 1. The summed E-state index contributed by atoms with van der Waals surface area (Å²) in [6.07, 6.45) is 9.06. The minimum Gasteiger partial charge on any atom is -0.493 e. The minimum atomic E-state index is 0.493. The smallest absolute Gasteiger partial charge is 0.122 e. The molecule has 0 saturated carbocycles. The molecule has 0 spiro atoms. The average Bonchev–Trinajstić information content (AvgIpc) is 2.90. The molecule has 0 saturated heterocycles. The van der Waals surface area contributed by atoms with Crippen molar-refractivity contribution in [1.29, 1.82) is 0 Å². The summed E-state index contributed by atoms with van der Waals surface area (Å²) in [5.74, 6) is 1.08. The number of hydrogen-bond acceptors (Lipinski definition) is 2. The Hall–Kier alpha value is -1.02. The predicted octanol–water partition coefficient (Wildman–Crippen LogP) is 4.24. The van der Waals surface area contributed by atoms with Crippen LogP contribution >= 0.6 is 0 Å². The largest absolute Gasteiger partial charge is 0.493 e. The van der Waals surface area contributed by atoms with E-state index < -0.39 is 0 Å². The van der Waals surface area contributed by atoms with E-state index >= 15 is 0 Å². The lowest BCUT2D eigenvalue weighted by Crippen LogP contribution is -2.16. The number of benzene rings is 1. The summed E-state index contributed by atoms with van der Waals surface area (Å²) in [4.78, 5) is 0. The topological polar surface area (TPSA) is 21.3 Å². The maximum atomic E-state index is 5.57. The number of hydrogen-bond donors (Lipinski definition) is 1. The van der Waals surface area contributed by atoms with Gasteiger partial charge in [0.25, 0.3) is 0 Å². The maximum Gasteiger partial charge on any atom is 0.122 e. The van der Waals surface area contributed by atoms with Crippen LogP contribution < -0.4 is 10.1 Å². The molecule has 106 valence electrons. The first-order valence-corrected chi connectivity index (χ1v) is 7.78. The van der Waals surface area contributed by atoms with Crippen LogP contribution in [0, 0.1) is 0 Å². The van der Waals surface area contributed by atoms with Crippen molar-refractivity contribution in [3.8, 4) is 5.75 Å². The summed E-state index contributed by atoms with van der Waals surface area (Å²) in [5, 5.41) is 3.46. The highest BCUT2D eigenvalue weighted by Crippen LogP contribution is 2.29. The first kappa shape index (κ1) is 14.4. The van der Waals surface area contributed by atoms with Gasteiger partial charge in [0.1, 0.15) is 5.75 Å². The third-order valence-corrected chi connectivity index (χ3v) is 4.06. The van der Waals surface area contributed by atoms with Gasteiger partial charge in [-0.2, -0.15) is 0 Å². The molecule has 1 N–H and O–H groups in total. The summed E-state index contributed by atoms with van der Waals surface area (Å²) in [6.45, 7) is 3.11. The highest BCUT2D eigenvalue weighted by atomic mass is 16.5. The minimum absolute atomic E-state index is 0.493. The van der Waals surface area contributed by atoms with Crippen molar-refractivity contribution in [2.45, 2.75) is 57.9 Å². The summed E-state index contributed by atoms with van der Waals surface area (Å²) >= 11 is 0. The molecule has 1 aromatic carbocycles. The van der Waals surface area contributed by atoms with Crippen LogP contribution in [0.5, 0.6) is 5.75 Å². The molecule has 0 aromatic heterocycles. The molecule has 0 radical (unpaired) electrons. The van der Waals surface area contributed by atoms with Crippen LogP contribution in [-0.4, -0.2) is 13.7 Å². The lowest BCUT2D eigenvalue weighted by Gasteiger charge is -2.17. The van der Waals surface area contributed by atoms with Gasteiger partial charge >= 0.3 is 0 Å². The fourth-order valence-corrected chi connectivity index (χ4v) is 2.85. The van der Waals surface area contributed by atoms with E-state index in [0.717, 1.165) is 18.8 Å². The molecule has 0 fully saturated rings. The molecule has 1 aromatic rings. The second kappa shape index (κ2) is 7.54. The van der Waals surface area contributed by atoms with Gasteiger partial charge in [-0.1, -0.05) is 51.2 Å². The van der Waals surface area contributed by atoms with E-state index in [-0.39, 0.29) is 0 Å². The van der Waals surface area contributed by atoms with Crippen molar-refractivity contribution in [2.24, 2.45) is 0 Å². The van der Waals surface area contributed by atoms with Gasteiger partial charge in [-0.25, -0.2) is 0 Å². The van der Waals surface area contributed by atoms with E-state index in [1.165, 1.54) is 49.7 Å². The number of rotatable bonds is 8. The average molecular weight is 261 g/mol. The van der Waals surface area contributed by atoms with Crippen LogP contribution in [-0.2, 0) is 6.42 Å². The third-order valence-electron chi connectivity index (χ3n) is 4.06. The molecule has 0 aliphatic carbocycles. The fraction of sp³-hybridized carbons (Fsp3) is 0.647. The van der Waals surface area contributed by atoms with Crippen molar-refractivity contribution in [1.82, 2.24) is 5.32 Å². The second-order valence-electron chi connectivity index (χ2n) is 5.51. The summed E-state index contributed by atoms with van der Waals surface area (Å²) in [5.41, 5.74) is 2.80. The zero-order valence-corrected chi connectivity index (χ0v) is 12.4. The van der Waals surface area contributed by atoms with Crippen LogP contribution in [0.25, 0.3) is 0 Å². The molecule has 2 nitrogen and oxygen atoms in total. The quantitative estimate of drug-likeness (QED) is 0.707. The molecule has 1 aliphatic rings. The van der Waals surface area contributed by atoms with Crippen LogP contribution in [0.1, 0.15) is 62.6 Å². The summed E-state index contributed by atoms with van der Waals surface area (Å²) < 4.78 is 5.57. The van der Waals surface area contributed by atoms with E-state index in [1.54, 1.807) is 0 Å². The maximum absolute atomic E-state index is 5.57. The molecule has 0 bridgehead atoms. The molecule has 1 unspecified atom stereocenters. The molecule has 1 atom stereocenters. The van der Waals surface area contributed by atoms with Crippen LogP contribution in [0.4, 0.5) is 0 Å². The van der Waals surface area contributed by atoms with Crippen molar-refractivity contribution in [2.75, 3.05) is 13.7 Å². The van der Waals surface area contributed by atoms with Gasteiger partial charge < -0.3 is 10.1 Å². The van der Waals surface area contributed by atoms with Gasteiger partial charge in [-0.15, -0.1) is 0 Å². The van der Waals surface area contributed by atoms with Crippen LogP contribution in [0.15, 0.2) is 18.2 Å². The lowest BCUT2D eigenvalue weighted by molar-refractivity contribution is 0.356. The van der Waals surface area contributed by atoms with E-state index in [0.29, 0.717) is 6.04 Å². The molecule has 0 amide bonds. The van der Waals surface area contributed by atoms with Crippen LogP contribution in [0.2, 0.25) is 0 Å². The molecule has 1 heterocycles. The third kappa shape index (κ3) is 3.97. The first-order valence-electron chi connectivity index (χ1n) is 7.78. The standard InChI is InChI=1S/C17H27NO/c1-3-4-5-6-7-8-16(18-2)14-9-10-17-15(13-14)11-12-19-17/h9-10,13,16,18H,3-8,11-12H2,1-2H3. The Morgan fingerprint density at radius 1 is 1.21 bits per heavy atom. The Morgan fingerprint density at radius 3 is 2.84 bits per heavy atom. The Morgan fingerprint density at radius 2 is 2.05 bits per heavy atom.